The Morgan fingerprint density at radius 3 is 3.16 bits per heavy atom. The van der Waals surface area contributed by atoms with Crippen LogP contribution in [-0.2, 0) is 16.1 Å². The number of carbonyl (C=O) groups excluding carboxylic acids is 2. The molecule has 0 bridgehead atoms. The minimum atomic E-state index is -0.0933. The second-order valence-electron chi connectivity index (χ2n) is 4.68. The number of nitrogens with one attached hydrogen (secondary N) is 2. The maximum Gasteiger partial charge on any atom is 0.239 e. The Balaban J connectivity index is 1.72. The molecule has 104 valence electrons. The highest BCUT2D eigenvalue weighted by Gasteiger charge is 2.20. The topological polar surface area (TPSA) is 79.3 Å². The van der Waals surface area contributed by atoms with Crippen LogP contribution in [0.2, 0.25) is 0 Å². The van der Waals surface area contributed by atoms with Crippen molar-refractivity contribution in [2.75, 3.05) is 26.2 Å². The average molecular weight is 265 g/mol. The van der Waals surface area contributed by atoms with E-state index in [0.717, 1.165) is 0 Å². The average Bonchev–Trinajstić information content (AvgIpc) is 2.88. The zero-order valence-corrected chi connectivity index (χ0v) is 11.0. The molecule has 1 unspecified atom stereocenters. The van der Waals surface area contributed by atoms with E-state index in [2.05, 4.69) is 15.7 Å². The molecule has 0 aliphatic carbocycles. The van der Waals surface area contributed by atoms with E-state index in [1.54, 1.807) is 11.1 Å². The summed E-state index contributed by atoms with van der Waals surface area (Å²) in [5.41, 5.74) is 0. The Morgan fingerprint density at radius 2 is 2.47 bits per heavy atom. The van der Waals surface area contributed by atoms with Gasteiger partial charge >= 0.3 is 0 Å². The van der Waals surface area contributed by atoms with Crippen molar-refractivity contribution in [3.63, 3.8) is 0 Å². The number of carbonyl (C=O) groups is 2. The van der Waals surface area contributed by atoms with Crippen LogP contribution in [0.5, 0.6) is 0 Å². The van der Waals surface area contributed by atoms with Gasteiger partial charge in [0.15, 0.2) is 0 Å². The summed E-state index contributed by atoms with van der Waals surface area (Å²) in [4.78, 5) is 24.7. The molecule has 0 aromatic carbocycles. The lowest BCUT2D eigenvalue weighted by Crippen LogP contribution is -2.52. The van der Waals surface area contributed by atoms with Crippen molar-refractivity contribution in [3.05, 3.63) is 18.5 Å². The molecule has 1 fully saturated rings. The number of hydrogen-bond acceptors (Lipinski definition) is 4. The molecule has 2 heterocycles. The van der Waals surface area contributed by atoms with Gasteiger partial charge in [0.2, 0.25) is 11.8 Å². The molecule has 0 spiro atoms. The Hall–Kier alpha value is -1.89. The van der Waals surface area contributed by atoms with Crippen LogP contribution in [0.25, 0.3) is 0 Å². The molecule has 2 N–H and O–H groups in total. The van der Waals surface area contributed by atoms with Crippen LogP contribution in [-0.4, -0.2) is 58.7 Å². The SMILES string of the molecule is CC(Cn1cccn1)NCC(=O)N1CCNC(=O)C1. The highest BCUT2D eigenvalue weighted by Crippen LogP contribution is 1.95. The lowest BCUT2D eigenvalue weighted by atomic mass is 10.3. The largest absolute Gasteiger partial charge is 0.353 e. The van der Waals surface area contributed by atoms with Gasteiger partial charge in [0.05, 0.1) is 19.6 Å². The molecule has 1 saturated heterocycles. The van der Waals surface area contributed by atoms with Crippen molar-refractivity contribution >= 4 is 11.8 Å². The van der Waals surface area contributed by atoms with E-state index >= 15 is 0 Å². The van der Waals surface area contributed by atoms with Crippen LogP contribution in [0, 0.1) is 0 Å². The van der Waals surface area contributed by atoms with Crippen LogP contribution in [0.4, 0.5) is 0 Å². The van der Waals surface area contributed by atoms with Gasteiger partial charge in [-0.05, 0) is 13.0 Å². The Kier molecular flexibility index (Phi) is 4.51. The third kappa shape index (κ3) is 4.06. The molecule has 2 rings (SSSR count). The summed E-state index contributed by atoms with van der Waals surface area (Å²) in [6.07, 6.45) is 3.61. The van der Waals surface area contributed by atoms with E-state index in [1.165, 1.54) is 0 Å². The van der Waals surface area contributed by atoms with Crippen molar-refractivity contribution in [1.29, 1.82) is 0 Å². The number of amides is 2. The van der Waals surface area contributed by atoms with Crippen LogP contribution in [0.1, 0.15) is 6.92 Å². The fourth-order valence-corrected chi connectivity index (χ4v) is 1.98. The Bertz CT molecular complexity index is 431. The lowest BCUT2D eigenvalue weighted by Gasteiger charge is -2.27. The van der Waals surface area contributed by atoms with Crippen molar-refractivity contribution in [1.82, 2.24) is 25.3 Å². The summed E-state index contributed by atoms with van der Waals surface area (Å²) in [6.45, 7) is 4.23. The first-order chi connectivity index (χ1) is 9.15. The summed E-state index contributed by atoms with van der Waals surface area (Å²) in [5, 5.41) is 9.96. The first kappa shape index (κ1) is 13.5. The number of aromatic nitrogens is 2. The molecule has 0 saturated carbocycles. The van der Waals surface area contributed by atoms with Crippen molar-refractivity contribution < 1.29 is 9.59 Å². The van der Waals surface area contributed by atoms with Crippen molar-refractivity contribution in [2.45, 2.75) is 19.5 Å². The number of nitrogens with zero attached hydrogens (tertiary/aromatic N) is 3. The van der Waals surface area contributed by atoms with E-state index in [4.69, 9.17) is 0 Å². The zero-order chi connectivity index (χ0) is 13.7. The second-order valence-corrected chi connectivity index (χ2v) is 4.68. The van der Waals surface area contributed by atoms with E-state index in [1.807, 2.05) is 23.9 Å². The molecule has 2 amide bonds. The third-order valence-corrected chi connectivity index (χ3v) is 3.01. The summed E-state index contributed by atoms with van der Waals surface area (Å²) in [7, 11) is 0. The van der Waals surface area contributed by atoms with E-state index < -0.39 is 0 Å². The number of piperazine rings is 1. The van der Waals surface area contributed by atoms with Gasteiger partial charge in [0, 0.05) is 31.5 Å². The van der Waals surface area contributed by atoms with Crippen LogP contribution >= 0.6 is 0 Å². The molecular weight excluding hydrogens is 246 g/mol. The second kappa shape index (κ2) is 6.33. The fourth-order valence-electron chi connectivity index (χ4n) is 1.98. The minimum Gasteiger partial charge on any atom is -0.353 e. The first-order valence-electron chi connectivity index (χ1n) is 6.40. The molecule has 1 aliphatic rings. The fraction of sp³-hybridized carbons (Fsp3) is 0.583. The molecule has 1 aliphatic heterocycles. The van der Waals surface area contributed by atoms with Crippen LogP contribution in [0.3, 0.4) is 0 Å². The summed E-state index contributed by atoms with van der Waals surface area (Å²) < 4.78 is 1.82. The highest BCUT2D eigenvalue weighted by atomic mass is 16.2. The summed E-state index contributed by atoms with van der Waals surface area (Å²) in [6, 6.07) is 2.01. The highest BCUT2D eigenvalue weighted by molar-refractivity contribution is 5.86. The van der Waals surface area contributed by atoms with Crippen LogP contribution in [0.15, 0.2) is 18.5 Å². The maximum absolute atomic E-state index is 11.9. The van der Waals surface area contributed by atoms with Crippen molar-refractivity contribution in [2.24, 2.45) is 0 Å². The summed E-state index contributed by atoms with van der Waals surface area (Å²) in [5.74, 6) is -0.133. The summed E-state index contributed by atoms with van der Waals surface area (Å²) >= 11 is 0. The van der Waals surface area contributed by atoms with Crippen molar-refractivity contribution in [3.8, 4) is 0 Å². The Labute approximate surface area is 111 Å². The molecule has 1 atom stereocenters. The molecule has 0 radical (unpaired) electrons. The monoisotopic (exact) mass is 265 g/mol. The molecule has 1 aromatic rings. The normalized spacial score (nSPS) is 17.1. The smallest absolute Gasteiger partial charge is 0.239 e. The van der Waals surface area contributed by atoms with Gasteiger partial charge in [-0.25, -0.2) is 0 Å². The van der Waals surface area contributed by atoms with Gasteiger partial charge in [-0.2, -0.15) is 5.10 Å². The van der Waals surface area contributed by atoms with E-state index in [-0.39, 0.29) is 30.9 Å². The predicted molar refractivity (Wildman–Crippen MR) is 69.3 cm³/mol. The molecular formula is C12H19N5O2. The van der Waals surface area contributed by atoms with Gasteiger partial charge in [0.25, 0.3) is 0 Å². The van der Waals surface area contributed by atoms with Gasteiger partial charge in [-0.1, -0.05) is 0 Å². The molecule has 1 aromatic heterocycles. The maximum atomic E-state index is 11.9. The first-order valence-corrected chi connectivity index (χ1v) is 6.40. The van der Waals surface area contributed by atoms with Gasteiger partial charge in [-0.3, -0.25) is 14.3 Å². The van der Waals surface area contributed by atoms with Gasteiger partial charge < -0.3 is 15.5 Å². The minimum absolute atomic E-state index is 0.0397. The quantitative estimate of drug-likeness (QED) is 0.702. The Morgan fingerprint density at radius 1 is 1.63 bits per heavy atom. The van der Waals surface area contributed by atoms with Crippen LogP contribution < -0.4 is 10.6 Å². The van der Waals surface area contributed by atoms with Gasteiger partial charge in [-0.15, -0.1) is 0 Å². The van der Waals surface area contributed by atoms with E-state index in [9.17, 15) is 9.59 Å². The molecule has 19 heavy (non-hydrogen) atoms. The van der Waals surface area contributed by atoms with Gasteiger partial charge in [0.1, 0.15) is 0 Å². The van der Waals surface area contributed by atoms with E-state index in [0.29, 0.717) is 19.6 Å². The predicted octanol–water partition coefficient (Wildman–Crippen LogP) is -1.18. The zero-order valence-electron chi connectivity index (χ0n) is 11.0. The lowest BCUT2D eigenvalue weighted by molar-refractivity contribution is -0.137. The third-order valence-electron chi connectivity index (χ3n) is 3.01. The number of rotatable bonds is 5. The molecule has 7 nitrogen and oxygen atoms in total. The molecule has 7 heteroatoms. The number of hydrogen-bond donors (Lipinski definition) is 2. The standard InChI is InChI=1S/C12H19N5O2/c1-10(8-17-5-2-3-15-17)14-7-12(19)16-6-4-13-11(18)9-16/h2-3,5,10,14H,4,6-9H2,1H3,(H,13,18).